The summed E-state index contributed by atoms with van der Waals surface area (Å²) in [6.45, 7) is 0. The standard InChI is InChI=1S/C8H7NTe/c9-7-2-1-6-3-4-10-8(6)5-7/h1-5H,9H2. The van der Waals surface area contributed by atoms with E-state index in [1.54, 1.807) is 0 Å². The number of hydrogen-bond acceptors (Lipinski definition) is 1. The van der Waals surface area contributed by atoms with E-state index in [0.29, 0.717) is 0 Å². The van der Waals surface area contributed by atoms with Gasteiger partial charge in [0.15, 0.2) is 0 Å². The second-order valence-electron chi connectivity index (χ2n) is 2.22. The van der Waals surface area contributed by atoms with Crippen LogP contribution in [0.4, 0.5) is 5.69 Å². The van der Waals surface area contributed by atoms with Gasteiger partial charge in [-0.05, 0) is 0 Å². The maximum absolute atomic E-state index is 5.62. The Morgan fingerprint density at radius 2 is 2.10 bits per heavy atom. The zero-order valence-corrected chi connectivity index (χ0v) is 7.70. The monoisotopic (exact) mass is 247 g/mol. The van der Waals surface area contributed by atoms with Gasteiger partial charge in [0.05, 0.1) is 0 Å². The summed E-state index contributed by atoms with van der Waals surface area (Å²) in [7, 11) is 0. The van der Waals surface area contributed by atoms with Crippen molar-refractivity contribution < 1.29 is 0 Å². The molecule has 0 aliphatic carbocycles. The number of anilines is 1. The van der Waals surface area contributed by atoms with Crippen molar-refractivity contribution in [1.29, 1.82) is 0 Å². The molecule has 0 saturated carbocycles. The van der Waals surface area contributed by atoms with Crippen LogP contribution in [0.25, 0.3) is 8.79 Å². The molecule has 0 fully saturated rings. The van der Waals surface area contributed by atoms with Crippen molar-refractivity contribution in [2.24, 2.45) is 0 Å². The molecule has 0 unspecified atom stereocenters. The first-order valence-corrected chi connectivity index (χ1v) is 5.60. The number of rotatable bonds is 0. The Morgan fingerprint density at radius 3 is 3.00 bits per heavy atom. The SMILES string of the molecule is Nc1ccc2cc[te]c2c1. The normalized spacial score (nSPS) is 10.4. The van der Waals surface area contributed by atoms with Gasteiger partial charge < -0.3 is 0 Å². The van der Waals surface area contributed by atoms with Crippen LogP contribution in [-0.4, -0.2) is 20.4 Å². The fourth-order valence-electron chi connectivity index (χ4n) is 0.971. The van der Waals surface area contributed by atoms with Gasteiger partial charge in [-0.25, -0.2) is 0 Å². The summed E-state index contributed by atoms with van der Waals surface area (Å²) in [5.41, 5.74) is 6.52. The number of nitrogen functional groups attached to an aromatic ring is 1. The molecule has 0 atom stereocenters. The fourth-order valence-corrected chi connectivity index (χ4v) is 3.36. The van der Waals surface area contributed by atoms with E-state index < -0.39 is 0 Å². The Labute approximate surface area is 69.1 Å². The fraction of sp³-hybridized carbons (Fsp3) is 0. The number of benzene rings is 1. The van der Waals surface area contributed by atoms with Crippen LogP contribution < -0.4 is 5.73 Å². The van der Waals surface area contributed by atoms with Gasteiger partial charge in [-0.1, -0.05) is 0 Å². The zero-order chi connectivity index (χ0) is 6.97. The van der Waals surface area contributed by atoms with Crippen molar-refractivity contribution in [2.45, 2.75) is 0 Å². The van der Waals surface area contributed by atoms with Gasteiger partial charge in [0, 0.05) is 0 Å². The van der Waals surface area contributed by atoms with E-state index in [1.807, 2.05) is 6.07 Å². The van der Waals surface area contributed by atoms with Crippen LogP contribution in [0.15, 0.2) is 28.3 Å². The predicted octanol–water partition coefficient (Wildman–Crippen LogP) is 1.48. The third kappa shape index (κ3) is 0.941. The summed E-state index contributed by atoms with van der Waals surface area (Å²) < 4.78 is 3.76. The molecule has 1 heterocycles. The molecule has 2 aromatic rings. The van der Waals surface area contributed by atoms with Crippen molar-refractivity contribution in [3.05, 3.63) is 28.3 Å². The van der Waals surface area contributed by atoms with Crippen LogP contribution in [0.2, 0.25) is 0 Å². The van der Waals surface area contributed by atoms with Gasteiger partial charge >= 0.3 is 69.0 Å². The molecule has 0 amide bonds. The second-order valence-corrected chi connectivity index (χ2v) is 4.92. The van der Waals surface area contributed by atoms with Crippen LogP contribution in [0.3, 0.4) is 0 Å². The molecular weight excluding hydrogens is 238 g/mol. The first-order chi connectivity index (χ1) is 4.86. The van der Waals surface area contributed by atoms with E-state index in [-0.39, 0.29) is 20.4 Å². The molecule has 2 N–H and O–H groups in total. The number of nitrogens with two attached hydrogens (primary N) is 1. The molecule has 0 aliphatic rings. The van der Waals surface area contributed by atoms with E-state index in [0.717, 1.165) is 5.69 Å². The molecule has 10 heavy (non-hydrogen) atoms. The van der Waals surface area contributed by atoms with Crippen LogP contribution in [0, 0.1) is 0 Å². The van der Waals surface area contributed by atoms with E-state index in [4.69, 9.17) is 5.73 Å². The predicted molar refractivity (Wildman–Crippen MR) is 45.3 cm³/mol. The molecule has 50 valence electrons. The van der Waals surface area contributed by atoms with Crippen molar-refractivity contribution in [3.8, 4) is 0 Å². The van der Waals surface area contributed by atoms with Gasteiger partial charge in [-0.2, -0.15) is 0 Å². The summed E-state index contributed by atoms with van der Waals surface area (Å²) in [6.07, 6.45) is 0. The summed E-state index contributed by atoms with van der Waals surface area (Å²) in [5.74, 6) is 0. The molecule has 0 saturated heterocycles. The first kappa shape index (κ1) is 6.27. The molecule has 1 nitrogen and oxygen atoms in total. The quantitative estimate of drug-likeness (QED) is 0.551. The summed E-state index contributed by atoms with van der Waals surface area (Å²) in [6, 6.07) is 8.34. The molecule has 0 bridgehead atoms. The topological polar surface area (TPSA) is 26.0 Å². The Morgan fingerprint density at radius 1 is 1.20 bits per heavy atom. The number of fused-ring (bicyclic) bond motifs is 1. The van der Waals surface area contributed by atoms with E-state index in [9.17, 15) is 0 Å². The summed E-state index contributed by atoms with van der Waals surface area (Å²) in [5, 5.41) is 1.37. The average molecular weight is 245 g/mol. The van der Waals surface area contributed by atoms with Gasteiger partial charge in [0.1, 0.15) is 0 Å². The molecule has 1 aromatic carbocycles. The van der Waals surface area contributed by atoms with Crippen molar-refractivity contribution in [3.63, 3.8) is 0 Å². The molecular formula is C8H7NTe. The third-order valence-corrected chi connectivity index (χ3v) is 3.99. The van der Waals surface area contributed by atoms with Crippen LogP contribution >= 0.6 is 0 Å². The van der Waals surface area contributed by atoms with Crippen LogP contribution in [0.5, 0.6) is 0 Å². The van der Waals surface area contributed by atoms with Crippen molar-refractivity contribution in [1.82, 2.24) is 0 Å². The minimum atomic E-state index is -0.0179. The van der Waals surface area contributed by atoms with Gasteiger partial charge in [-0.15, -0.1) is 0 Å². The molecule has 2 rings (SSSR count). The van der Waals surface area contributed by atoms with E-state index >= 15 is 0 Å². The van der Waals surface area contributed by atoms with Gasteiger partial charge in [-0.3, -0.25) is 0 Å². The summed E-state index contributed by atoms with van der Waals surface area (Å²) >= 11 is -0.0179. The molecule has 1 aromatic heterocycles. The molecule has 0 aliphatic heterocycles. The van der Waals surface area contributed by atoms with Crippen molar-refractivity contribution >= 4 is 34.9 Å². The Hall–Kier alpha value is -0.450. The molecule has 0 radical (unpaired) electrons. The van der Waals surface area contributed by atoms with Crippen molar-refractivity contribution in [2.75, 3.05) is 5.73 Å². The van der Waals surface area contributed by atoms with E-state index in [2.05, 4.69) is 22.3 Å². The Bertz CT molecular complexity index is 351. The summed E-state index contributed by atoms with van der Waals surface area (Å²) in [4.78, 5) is 0. The Balaban J connectivity index is 2.86. The number of hydrogen-bond donors (Lipinski definition) is 1. The third-order valence-electron chi connectivity index (χ3n) is 1.48. The molecule has 0 spiro atoms. The van der Waals surface area contributed by atoms with Gasteiger partial charge in [0.2, 0.25) is 0 Å². The second kappa shape index (κ2) is 2.30. The van der Waals surface area contributed by atoms with Gasteiger partial charge in [0.25, 0.3) is 0 Å². The van der Waals surface area contributed by atoms with Crippen LogP contribution in [0.1, 0.15) is 0 Å². The minimum absolute atomic E-state index is 0.0179. The maximum atomic E-state index is 5.62. The van der Waals surface area contributed by atoms with Crippen LogP contribution in [-0.2, 0) is 0 Å². The zero-order valence-electron chi connectivity index (χ0n) is 5.37. The average Bonchev–Trinajstić information content (AvgIpc) is 2.33. The molecule has 2 heteroatoms. The Kier molecular flexibility index (Phi) is 1.44. The first-order valence-electron chi connectivity index (χ1n) is 3.09. The van der Waals surface area contributed by atoms with E-state index in [1.165, 1.54) is 8.79 Å².